The molecule has 0 aliphatic carbocycles. The molecule has 2 fully saturated rings. The summed E-state index contributed by atoms with van der Waals surface area (Å²) in [6.07, 6.45) is 5.60. The van der Waals surface area contributed by atoms with E-state index >= 15 is 0 Å². The molecule has 2 aliphatic heterocycles. The number of hydrogen-bond donors (Lipinski definition) is 3. The van der Waals surface area contributed by atoms with Crippen molar-refractivity contribution < 1.29 is 74.7 Å². The molecule has 0 spiro atoms. The average Bonchev–Trinajstić information content (AvgIpc) is 3.93. The van der Waals surface area contributed by atoms with Crippen LogP contribution >= 0.6 is 0 Å². The van der Waals surface area contributed by atoms with Crippen molar-refractivity contribution in [3.63, 3.8) is 0 Å². The number of carbonyl (C=O) groups is 3. The van der Waals surface area contributed by atoms with Crippen LogP contribution in [0.5, 0.6) is 0 Å². The second-order valence-electron chi connectivity index (χ2n) is 14.6. The van der Waals surface area contributed by atoms with Gasteiger partial charge in [-0.05, 0) is 62.2 Å². The van der Waals surface area contributed by atoms with Crippen molar-refractivity contribution >= 4 is 27.0 Å². The summed E-state index contributed by atoms with van der Waals surface area (Å²) in [7, 11) is 2.11. The number of aldehydes is 2. The first-order valence-corrected chi connectivity index (χ1v) is 19.8. The van der Waals surface area contributed by atoms with Crippen molar-refractivity contribution in [3.05, 3.63) is 72.1 Å². The molecule has 2 aromatic rings. The van der Waals surface area contributed by atoms with Crippen LogP contribution in [0.1, 0.15) is 97.3 Å². The van der Waals surface area contributed by atoms with Gasteiger partial charge in [-0.1, -0.05) is 65.0 Å². The largest absolute Gasteiger partial charge is 1.00 e. The van der Waals surface area contributed by atoms with Gasteiger partial charge in [0, 0.05) is 68.1 Å². The van der Waals surface area contributed by atoms with Crippen LogP contribution in [0.15, 0.2) is 30.3 Å². The maximum absolute atomic E-state index is 11.2. The number of hydrogen-bond acceptors (Lipinski definition) is 17. The molecule has 3 radical (unpaired) electrons. The van der Waals surface area contributed by atoms with E-state index in [9.17, 15) is 44.7 Å². The van der Waals surface area contributed by atoms with Gasteiger partial charge in [-0.15, -0.1) is 10.2 Å². The van der Waals surface area contributed by atoms with Gasteiger partial charge in [0.1, 0.15) is 12.6 Å². The van der Waals surface area contributed by atoms with Gasteiger partial charge < -0.3 is 35.8 Å². The molecule has 0 unspecified atom stereocenters. The molecule has 1 aromatic heterocycles. The maximum Gasteiger partial charge on any atom is 1.00 e. The van der Waals surface area contributed by atoms with Gasteiger partial charge in [-0.25, -0.2) is 4.79 Å². The minimum atomic E-state index is -0.535. The molecule has 0 bridgehead atoms. The fourth-order valence-electron chi connectivity index (χ4n) is 4.66. The molecule has 341 valence electrons. The van der Waals surface area contributed by atoms with Crippen molar-refractivity contribution in [1.82, 2.24) is 30.8 Å². The molecule has 3 N–H and O–H groups in total. The van der Waals surface area contributed by atoms with Gasteiger partial charge in [0.25, 0.3) is 0 Å². The van der Waals surface area contributed by atoms with E-state index in [0.717, 1.165) is 57.7 Å². The zero-order chi connectivity index (χ0) is 45.0. The Kier molecular flexibility index (Phi) is 43.5. The third-order valence-electron chi connectivity index (χ3n) is 8.59. The second kappa shape index (κ2) is 41.6. The van der Waals surface area contributed by atoms with Gasteiger partial charge in [-0.2, -0.15) is 5.21 Å². The number of likely N-dealkylation sites (N-methyl/N-ethyl adjacent to an activating group) is 1. The normalized spacial score (nSPS) is 14.9. The first kappa shape index (κ1) is 63.8. The van der Waals surface area contributed by atoms with E-state index in [2.05, 4.69) is 42.6 Å². The number of aliphatic hydroxyl groups is 1. The minimum absolute atomic E-state index is 0. The number of nitrogens with one attached hydrogen (secondary N) is 2. The number of aromatic amines is 1. The summed E-state index contributed by atoms with van der Waals surface area (Å²) in [5, 5.41) is 55.6. The smallest absolute Gasteiger partial charge is 1.00 e. The zero-order valence-corrected chi connectivity index (χ0v) is 39.3. The maximum atomic E-state index is 11.2. The molecule has 4 rings (SSSR count). The first-order chi connectivity index (χ1) is 28.0. The zero-order valence-electron chi connectivity index (χ0n) is 38.3. The SMILES string of the molecule is C1CN[C@H](c2nn[nH]n2)C1.CC(C)CC=O.CC(C)[C@@H](C=O)CC[N+](=O)[O-].CC(C)[C@@H](CO)CC[N+](=O)[O-].CN1CCOCC1.O=C(OCC[N+](=O)[O-])c1ccccc1.[B].[H-].[Na+]. The number of aromatic nitrogens is 4. The second-order valence-corrected chi connectivity index (χ2v) is 14.6. The molecule has 3 atom stereocenters. The molecule has 2 saturated heterocycles. The summed E-state index contributed by atoms with van der Waals surface area (Å²) in [4.78, 5) is 62.0. The van der Waals surface area contributed by atoms with Crippen LogP contribution in [0.3, 0.4) is 0 Å². The number of morpholine rings is 1. The molecule has 3 heterocycles. The van der Waals surface area contributed by atoms with Gasteiger partial charge in [0.15, 0.2) is 12.4 Å². The molecule has 61 heavy (non-hydrogen) atoms. The summed E-state index contributed by atoms with van der Waals surface area (Å²) < 4.78 is 9.76. The van der Waals surface area contributed by atoms with Crippen LogP contribution in [0, 0.1) is 59.9 Å². The number of rotatable bonds is 17. The van der Waals surface area contributed by atoms with E-state index in [-0.39, 0.29) is 99.8 Å². The fraction of sp³-hybridized carbons (Fsp3) is 0.737. The van der Waals surface area contributed by atoms with Crippen molar-refractivity contribution in [2.75, 3.05) is 72.7 Å². The number of nitrogens with zero attached hydrogens (tertiary/aromatic N) is 7. The van der Waals surface area contributed by atoms with E-state index in [1.807, 2.05) is 41.5 Å². The van der Waals surface area contributed by atoms with Crippen LogP contribution < -0.4 is 34.9 Å². The fourth-order valence-corrected chi connectivity index (χ4v) is 4.66. The standard InChI is InChI=1S/C9H9NO4.C7H15NO3.C7H13NO3.C5H9N5.C5H11NO.C5H10O.B.Na.H/c11-9(14-7-6-10(12)13)8-4-2-1-3-5-8;2*1-6(2)7(5-9)3-4-8(10)11;1-2-4(6-3-1)5-7-9-10-8-5;1-6-2-4-7-5-3-6;1-5(2)3-4-6;;;/h1-5H,6-7H2;6-7,9H,3-5H2,1-2H3;5-7H,3-4H2,1-2H3;4,6H,1-3H2,(H,7,8,9,10);2-5H2,1H3;4-5H,3H2,1-2H3;;;/q;;;;;;;+1;-1/t;2*7-;4-;;;;;/m.110...../s1. The van der Waals surface area contributed by atoms with E-state index < -0.39 is 10.9 Å². The summed E-state index contributed by atoms with van der Waals surface area (Å²) in [6, 6.07) is 8.68. The molecule has 0 amide bonds. The molecule has 0 saturated carbocycles. The molecule has 1 aromatic carbocycles. The predicted molar refractivity (Wildman–Crippen MR) is 226 cm³/mol. The minimum Gasteiger partial charge on any atom is -1.00 e. The Bertz CT molecular complexity index is 1400. The quantitative estimate of drug-likeness (QED) is 0.0648. The van der Waals surface area contributed by atoms with Crippen molar-refractivity contribution in [2.45, 2.75) is 79.7 Å². The first-order valence-electron chi connectivity index (χ1n) is 19.8. The number of aliphatic hydroxyl groups excluding tert-OH is 1. The summed E-state index contributed by atoms with van der Waals surface area (Å²) >= 11 is 0. The van der Waals surface area contributed by atoms with Crippen molar-refractivity contribution in [1.29, 1.82) is 0 Å². The Morgan fingerprint density at radius 2 is 1.54 bits per heavy atom. The van der Waals surface area contributed by atoms with E-state index in [1.165, 1.54) is 6.42 Å². The monoisotopic (exact) mass is 876 g/mol. The summed E-state index contributed by atoms with van der Waals surface area (Å²) in [6.45, 7) is 16.2. The van der Waals surface area contributed by atoms with Crippen LogP contribution in [-0.4, -0.2) is 145 Å². The van der Waals surface area contributed by atoms with Crippen molar-refractivity contribution in [2.24, 2.45) is 29.6 Å². The Balaban J connectivity index is -0.000000211. The van der Waals surface area contributed by atoms with E-state index in [1.54, 1.807) is 30.3 Å². The number of benzene rings is 1. The van der Waals surface area contributed by atoms with Crippen molar-refractivity contribution in [3.8, 4) is 0 Å². The van der Waals surface area contributed by atoms with Crippen LogP contribution in [-0.2, 0) is 19.1 Å². The number of ether oxygens (including phenoxy) is 2. The number of nitro groups is 3. The van der Waals surface area contributed by atoms with Crippen LogP contribution in [0.25, 0.3) is 0 Å². The number of tetrazole rings is 1. The third kappa shape index (κ3) is 38.8. The number of esters is 1. The molecule has 23 heteroatoms. The Hall–Kier alpha value is -3.80. The number of H-pyrrole nitrogens is 1. The summed E-state index contributed by atoms with van der Waals surface area (Å²) in [5.74, 6) is 1.21. The van der Waals surface area contributed by atoms with Gasteiger partial charge in [0.05, 0.1) is 24.8 Å². The Labute approximate surface area is 385 Å². The molecule has 21 nitrogen and oxygen atoms in total. The molecule has 2 aliphatic rings. The van der Waals surface area contributed by atoms with Gasteiger partial charge in [-0.3, -0.25) is 30.3 Å². The van der Waals surface area contributed by atoms with Crippen LogP contribution in [0.4, 0.5) is 0 Å². The third-order valence-corrected chi connectivity index (χ3v) is 8.59. The molecular formula is C38H68BN9NaO12. The number of carbonyl (C=O) groups excluding carboxylic acids is 3. The van der Waals surface area contributed by atoms with E-state index in [4.69, 9.17) is 9.84 Å². The van der Waals surface area contributed by atoms with Gasteiger partial charge in [0.2, 0.25) is 19.6 Å². The summed E-state index contributed by atoms with van der Waals surface area (Å²) in [5.41, 5.74) is 0.399. The van der Waals surface area contributed by atoms with Crippen LogP contribution in [0.2, 0.25) is 0 Å². The van der Waals surface area contributed by atoms with E-state index in [0.29, 0.717) is 42.7 Å². The Morgan fingerprint density at radius 1 is 0.967 bits per heavy atom. The van der Waals surface area contributed by atoms with Gasteiger partial charge >= 0.3 is 35.5 Å². The average molecular weight is 877 g/mol. The topological polar surface area (TPSA) is 289 Å². The predicted octanol–water partition coefficient (Wildman–Crippen LogP) is 0.702. The molecular weight excluding hydrogens is 808 g/mol. The Morgan fingerprint density at radius 3 is 1.90 bits per heavy atom.